The molecule has 3 aromatic rings. The van der Waals surface area contributed by atoms with Crippen LogP contribution in [0.15, 0.2) is 49.2 Å². The van der Waals surface area contributed by atoms with Crippen molar-refractivity contribution in [1.29, 1.82) is 0 Å². The Hall–Kier alpha value is -2.38. The Labute approximate surface area is 176 Å². The van der Waals surface area contributed by atoms with Crippen LogP contribution in [0.4, 0.5) is 0 Å². The molecule has 1 aliphatic heterocycles. The van der Waals surface area contributed by atoms with Gasteiger partial charge in [-0.2, -0.15) is 5.10 Å². The van der Waals surface area contributed by atoms with E-state index in [9.17, 15) is 4.79 Å². The minimum atomic E-state index is -0.433. The molecule has 0 unspecified atom stereocenters. The summed E-state index contributed by atoms with van der Waals surface area (Å²) in [5.41, 5.74) is 2.60. The van der Waals surface area contributed by atoms with Gasteiger partial charge in [-0.1, -0.05) is 37.6 Å². The van der Waals surface area contributed by atoms with E-state index in [1.54, 1.807) is 22.9 Å². The Morgan fingerprint density at radius 1 is 1.25 bits per heavy atom. The van der Waals surface area contributed by atoms with Gasteiger partial charge in [0.05, 0.1) is 15.9 Å². The molecule has 0 aliphatic carbocycles. The van der Waals surface area contributed by atoms with Crippen LogP contribution in [0.25, 0.3) is 28.3 Å². The number of allylic oxidation sites excluding steroid dienone is 2. The average Bonchev–Trinajstić information content (AvgIpc) is 3.06. The van der Waals surface area contributed by atoms with Crippen LogP contribution in [0.5, 0.6) is 0 Å². The zero-order valence-corrected chi connectivity index (χ0v) is 18.3. The molecule has 0 atom stereocenters. The van der Waals surface area contributed by atoms with E-state index in [4.69, 9.17) is 16.0 Å². The Morgan fingerprint density at radius 3 is 2.71 bits per heavy atom. The molecule has 1 aliphatic rings. The summed E-state index contributed by atoms with van der Waals surface area (Å²) in [5.74, 6) is 0.779. The molecule has 1 N–H and O–H groups in total. The summed E-state index contributed by atoms with van der Waals surface area (Å²) < 4.78 is 7.66. The van der Waals surface area contributed by atoms with Crippen molar-refractivity contribution in [2.45, 2.75) is 27.7 Å². The molecule has 146 valence electrons. The third kappa shape index (κ3) is 3.77. The van der Waals surface area contributed by atoms with E-state index in [0.29, 0.717) is 38.6 Å². The molecule has 8 heteroatoms. The first-order chi connectivity index (χ1) is 13.4. The maximum Gasteiger partial charge on any atom is 0.347 e. The zero-order valence-electron chi connectivity index (χ0n) is 16.0. The van der Waals surface area contributed by atoms with Crippen molar-refractivity contribution in [3.63, 3.8) is 0 Å². The van der Waals surface area contributed by atoms with E-state index in [1.165, 1.54) is 0 Å². The number of halogens is 2. The van der Waals surface area contributed by atoms with Gasteiger partial charge in [0.2, 0.25) is 5.89 Å². The van der Waals surface area contributed by atoms with Crippen LogP contribution < -0.4 is 10.9 Å². The van der Waals surface area contributed by atoms with E-state index in [-0.39, 0.29) is 5.89 Å². The monoisotopic (exact) mass is 462 g/mol. The van der Waals surface area contributed by atoms with Gasteiger partial charge in [-0.25, -0.2) is 14.5 Å². The molecular formula is C20H20BrClN4O2. The minimum Gasteiger partial charge on any atom is -0.401 e. The highest BCUT2D eigenvalue weighted by Crippen LogP contribution is 2.28. The standard InChI is InChI=1S/C18H14BrClN4O2.C2H6/c1-9-6-10(2)15-11(7-9)18(25)26-17(22-15)13-8-14(19)23-24(13)16-12(20)4-3-5-21-16;1-2/h3-4,6-8,21H,5H2,1-2H3;1-2H3. The van der Waals surface area contributed by atoms with Gasteiger partial charge >= 0.3 is 5.63 Å². The van der Waals surface area contributed by atoms with Crippen LogP contribution in [-0.4, -0.2) is 21.3 Å². The van der Waals surface area contributed by atoms with Gasteiger partial charge in [0.25, 0.3) is 0 Å². The van der Waals surface area contributed by atoms with E-state index in [0.717, 1.165) is 11.1 Å². The third-order valence-corrected chi connectivity index (χ3v) is 4.75. The Balaban J connectivity index is 0.00000109. The highest BCUT2D eigenvalue weighted by molar-refractivity contribution is 9.10. The van der Waals surface area contributed by atoms with Crippen molar-refractivity contribution in [3.05, 3.63) is 61.5 Å². The van der Waals surface area contributed by atoms with E-state index < -0.39 is 5.63 Å². The fourth-order valence-corrected chi connectivity index (χ4v) is 3.58. The predicted molar refractivity (Wildman–Crippen MR) is 116 cm³/mol. The maximum absolute atomic E-state index is 12.5. The van der Waals surface area contributed by atoms with Gasteiger partial charge in [0.15, 0.2) is 0 Å². The fraction of sp³-hybridized carbons (Fsp3) is 0.250. The first-order valence-electron chi connectivity index (χ1n) is 8.92. The number of rotatable bonds is 2. The van der Waals surface area contributed by atoms with Gasteiger partial charge in [-0.05, 0) is 53.0 Å². The lowest BCUT2D eigenvalue weighted by molar-refractivity contribution is 0.513. The third-order valence-electron chi connectivity index (χ3n) is 4.06. The van der Waals surface area contributed by atoms with Crippen LogP contribution in [-0.2, 0) is 0 Å². The Kier molecular flexibility index (Phi) is 6.05. The van der Waals surface area contributed by atoms with E-state index in [2.05, 4.69) is 31.3 Å². The summed E-state index contributed by atoms with van der Waals surface area (Å²) in [6.45, 7) is 8.48. The lowest BCUT2D eigenvalue weighted by atomic mass is 10.1. The normalized spacial score (nSPS) is 13.4. The fourth-order valence-electron chi connectivity index (χ4n) is 2.97. The molecular weight excluding hydrogens is 444 g/mol. The largest absolute Gasteiger partial charge is 0.401 e. The quantitative estimate of drug-likeness (QED) is 0.580. The topological polar surface area (TPSA) is 73.0 Å². The second-order valence-electron chi connectivity index (χ2n) is 6.03. The molecule has 0 radical (unpaired) electrons. The number of benzene rings is 1. The van der Waals surface area contributed by atoms with Crippen molar-refractivity contribution in [2.75, 3.05) is 6.54 Å². The highest BCUT2D eigenvalue weighted by Gasteiger charge is 2.20. The van der Waals surface area contributed by atoms with Crippen LogP contribution in [0, 0.1) is 13.8 Å². The molecule has 1 aromatic carbocycles. The molecule has 0 fully saturated rings. The maximum atomic E-state index is 12.5. The SMILES string of the molecule is CC.Cc1cc(C)c2nc(-c3cc(Br)nn3C3=C(Cl)C=CCN3)oc(=O)c2c1. The number of hydrogen-bond donors (Lipinski definition) is 1. The number of aromatic nitrogens is 3. The lowest BCUT2D eigenvalue weighted by Crippen LogP contribution is -2.22. The first kappa shape index (κ1) is 20.4. The summed E-state index contributed by atoms with van der Waals surface area (Å²) in [6, 6.07) is 5.50. The molecule has 0 amide bonds. The van der Waals surface area contributed by atoms with Crippen molar-refractivity contribution < 1.29 is 4.42 Å². The number of nitrogens with zero attached hydrogens (tertiary/aromatic N) is 3. The second kappa shape index (κ2) is 8.32. The van der Waals surface area contributed by atoms with Crippen LogP contribution in [0.3, 0.4) is 0 Å². The molecule has 2 aromatic heterocycles. The molecule has 0 saturated heterocycles. The van der Waals surface area contributed by atoms with Gasteiger partial charge in [-0.3, -0.25) is 0 Å². The van der Waals surface area contributed by atoms with Gasteiger partial charge in [0.1, 0.15) is 16.1 Å². The molecule has 28 heavy (non-hydrogen) atoms. The van der Waals surface area contributed by atoms with Gasteiger partial charge < -0.3 is 9.73 Å². The van der Waals surface area contributed by atoms with Gasteiger partial charge in [0, 0.05) is 12.6 Å². The van der Waals surface area contributed by atoms with E-state index in [1.807, 2.05) is 39.8 Å². The van der Waals surface area contributed by atoms with Crippen molar-refractivity contribution >= 4 is 44.3 Å². The van der Waals surface area contributed by atoms with E-state index >= 15 is 0 Å². The summed E-state index contributed by atoms with van der Waals surface area (Å²) in [6.07, 6.45) is 3.70. The minimum absolute atomic E-state index is 0.181. The van der Waals surface area contributed by atoms with Crippen LogP contribution >= 0.6 is 27.5 Å². The molecule has 4 rings (SSSR count). The molecule has 0 bridgehead atoms. The summed E-state index contributed by atoms with van der Waals surface area (Å²) >= 11 is 9.66. The second-order valence-corrected chi connectivity index (χ2v) is 7.25. The number of dihydropyridines is 1. The number of fused-ring (bicyclic) bond motifs is 1. The van der Waals surface area contributed by atoms with Crippen molar-refractivity contribution in [1.82, 2.24) is 20.1 Å². The number of hydrogen-bond acceptors (Lipinski definition) is 5. The summed E-state index contributed by atoms with van der Waals surface area (Å²) in [7, 11) is 0. The van der Waals surface area contributed by atoms with Crippen molar-refractivity contribution in [3.8, 4) is 11.6 Å². The lowest BCUT2D eigenvalue weighted by Gasteiger charge is -2.16. The average molecular weight is 464 g/mol. The Bertz CT molecular complexity index is 1160. The Morgan fingerprint density at radius 2 is 2.00 bits per heavy atom. The van der Waals surface area contributed by atoms with Gasteiger partial charge in [-0.15, -0.1) is 0 Å². The van der Waals surface area contributed by atoms with Crippen LogP contribution in [0.1, 0.15) is 25.0 Å². The molecule has 0 spiro atoms. The summed E-state index contributed by atoms with van der Waals surface area (Å²) in [5, 5.41) is 8.54. The number of aryl methyl sites for hydroxylation is 2. The predicted octanol–water partition coefficient (Wildman–Crippen LogP) is 4.98. The van der Waals surface area contributed by atoms with Crippen molar-refractivity contribution in [2.24, 2.45) is 0 Å². The highest BCUT2D eigenvalue weighted by atomic mass is 79.9. The molecule has 0 saturated carbocycles. The smallest absolute Gasteiger partial charge is 0.347 e. The van der Waals surface area contributed by atoms with Crippen LogP contribution in [0.2, 0.25) is 0 Å². The summed E-state index contributed by atoms with van der Waals surface area (Å²) in [4.78, 5) is 17.1. The number of nitrogens with one attached hydrogen (secondary N) is 1. The zero-order chi connectivity index (χ0) is 20.4. The molecule has 6 nitrogen and oxygen atoms in total. The first-order valence-corrected chi connectivity index (χ1v) is 10.1. The molecule has 3 heterocycles.